The molecule has 0 bridgehead atoms. The Morgan fingerprint density at radius 2 is 1.85 bits per heavy atom. The van der Waals surface area contributed by atoms with Gasteiger partial charge in [0.15, 0.2) is 0 Å². The average Bonchev–Trinajstić information content (AvgIpc) is 3.29. The van der Waals surface area contributed by atoms with Crippen LogP contribution >= 0.6 is 11.6 Å². The number of non-ortho nitro benzene ring substituents is 1. The summed E-state index contributed by atoms with van der Waals surface area (Å²) in [4.78, 5) is 10.5. The van der Waals surface area contributed by atoms with Gasteiger partial charge in [0.25, 0.3) is 15.7 Å². The largest absolute Gasteiger partial charge is 0.378 e. The second-order valence-corrected chi connectivity index (χ2v) is 10.2. The minimum absolute atomic E-state index is 0.0108. The highest BCUT2D eigenvalue weighted by Gasteiger charge is 2.39. The van der Waals surface area contributed by atoms with Crippen LogP contribution in [0.4, 0.5) is 17.1 Å². The van der Waals surface area contributed by atoms with E-state index in [0.717, 1.165) is 23.2 Å². The molecule has 0 amide bonds. The van der Waals surface area contributed by atoms with Gasteiger partial charge in [0.1, 0.15) is 0 Å². The number of allylic oxidation sites excluding steroid dienone is 2. The van der Waals surface area contributed by atoms with E-state index < -0.39 is 14.9 Å². The van der Waals surface area contributed by atoms with Gasteiger partial charge in [0, 0.05) is 28.8 Å². The molecule has 168 valence electrons. The third kappa shape index (κ3) is 3.96. The Hall–Kier alpha value is -3.36. The van der Waals surface area contributed by atoms with Crippen LogP contribution in [0.5, 0.6) is 0 Å². The van der Waals surface area contributed by atoms with E-state index in [1.54, 1.807) is 12.1 Å². The minimum Gasteiger partial charge on any atom is -0.378 e. The van der Waals surface area contributed by atoms with Gasteiger partial charge < -0.3 is 5.32 Å². The van der Waals surface area contributed by atoms with Crippen LogP contribution in [-0.4, -0.2) is 13.3 Å². The van der Waals surface area contributed by atoms with Crippen molar-refractivity contribution in [1.29, 1.82) is 0 Å². The lowest BCUT2D eigenvalue weighted by Gasteiger charge is -2.38. The predicted molar refractivity (Wildman–Crippen MR) is 128 cm³/mol. The van der Waals surface area contributed by atoms with Gasteiger partial charge in [0.2, 0.25) is 0 Å². The molecule has 0 spiro atoms. The number of hydrogen-bond donors (Lipinski definition) is 2. The molecule has 1 aliphatic carbocycles. The zero-order chi connectivity index (χ0) is 23.2. The van der Waals surface area contributed by atoms with Crippen LogP contribution in [0, 0.1) is 16.0 Å². The number of anilines is 2. The topological polar surface area (TPSA) is 101 Å². The van der Waals surface area contributed by atoms with Crippen LogP contribution in [0.2, 0.25) is 5.02 Å². The molecule has 0 fully saturated rings. The van der Waals surface area contributed by atoms with E-state index in [0.29, 0.717) is 5.02 Å². The molecule has 1 heterocycles. The zero-order valence-corrected chi connectivity index (χ0v) is 18.9. The summed E-state index contributed by atoms with van der Waals surface area (Å²) in [6.07, 6.45) is 5.10. The molecular formula is C24H20ClN3O4S. The van der Waals surface area contributed by atoms with Gasteiger partial charge >= 0.3 is 0 Å². The first-order chi connectivity index (χ1) is 15.8. The normalized spacial score (nSPS) is 21.1. The Morgan fingerprint density at radius 1 is 1.03 bits per heavy atom. The number of nitrogens with one attached hydrogen (secondary N) is 2. The van der Waals surface area contributed by atoms with E-state index in [4.69, 9.17) is 11.6 Å². The van der Waals surface area contributed by atoms with Crippen LogP contribution in [0.15, 0.2) is 83.8 Å². The fraction of sp³-hybridized carbons (Fsp3) is 0.167. The summed E-state index contributed by atoms with van der Waals surface area (Å²) in [5.41, 5.74) is 2.74. The second kappa shape index (κ2) is 8.20. The van der Waals surface area contributed by atoms with Crippen LogP contribution in [-0.2, 0) is 10.0 Å². The molecule has 3 atom stereocenters. The van der Waals surface area contributed by atoms with E-state index in [1.807, 2.05) is 24.3 Å². The monoisotopic (exact) mass is 481 g/mol. The lowest BCUT2D eigenvalue weighted by atomic mass is 9.77. The minimum atomic E-state index is -3.94. The highest BCUT2D eigenvalue weighted by atomic mass is 35.5. The number of hydrogen-bond acceptors (Lipinski definition) is 5. The van der Waals surface area contributed by atoms with Crippen molar-refractivity contribution in [2.75, 3.05) is 10.0 Å². The molecular weight excluding hydrogens is 462 g/mol. The van der Waals surface area contributed by atoms with Crippen molar-refractivity contribution in [3.63, 3.8) is 0 Å². The Labute approximate surface area is 196 Å². The van der Waals surface area contributed by atoms with Crippen molar-refractivity contribution in [3.8, 4) is 0 Å². The Kier molecular flexibility index (Phi) is 5.34. The van der Waals surface area contributed by atoms with E-state index in [9.17, 15) is 18.5 Å². The first-order valence-corrected chi connectivity index (χ1v) is 12.3. The Bertz CT molecular complexity index is 1390. The maximum atomic E-state index is 13.1. The highest BCUT2D eigenvalue weighted by Crippen LogP contribution is 2.51. The first-order valence-electron chi connectivity index (χ1n) is 10.4. The third-order valence-corrected chi connectivity index (χ3v) is 7.92. The maximum Gasteiger partial charge on any atom is 0.271 e. The SMILES string of the molecule is O=[N+]([O-])c1cccc(NS(=O)(=O)c2ccc3c(c2)[C@H]2C=CC[C@H]2[C@@H](c2ccccc2Cl)N3)c1. The van der Waals surface area contributed by atoms with E-state index >= 15 is 0 Å². The molecule has 0 saturated carbocycles. The molecule has 3 aromatic carbocycles. The van der Waals surface area contributed by atoms with E-state index in [2.05, 4.69) is 22.2 Å². The fourth-order valence-corrected chi connectivity index (χ4v) is 6.01. The fourth-order valence-electron chi connectivity index (χ4n) is 4.67. The van der Waals surface area contributed by atoms with Crippen LogP contribution < -0.4 is 10.0 Å². The van der Waals surface area contributed by atoms with Crippen molar-refractivity contribution >= 4 is 38.7 Å². The molecule has 0 radical (unpaired) electrons. The standard InChI is InChI=1S/C24H20ClN3O4S/c25-22-10-2-1-7-20(22)24-19-9-4-8-18(19)21-14-17(11-12-23(21)26-24)33(31,32)27-15-5-3-6-16(13-15)28(29)30/h1-8,10-14,18-19,24,26-27H,9H2/t18-,19+,24-/m0/s1. The first kappa shape index (κ1) is 21.5. The maximum absolute atomic E-state index is 13.1. The number of halogens is 1. The number of rotatable bonds is 5. The molecule has 0 saturated heterocycles. The summed E-state index contributed by atoms with van der Waals surface area (Å²) in [6.45, 7) is 0. The molecule has 7 nitrogen and oxygen atoms in total. The molecule has 2 N–H and O–H groups in total. The number of sulfonamides is 1. The van der Waals surface area contributed by atoms with Gasteiger partial charge in [0.05, 0.1) is 21.5 Å². The van der Waals surface area contributed by atoms with Crippen molar-refractivity contribution < 1.29 is 13.3 Å². The molecule has 0 unspecified atom stereocenters. The molecule has 5 rings (SSSR count). The molecule has 3 aromatic rings. The van der Waals surface area contributed by atoms with Crippen molar-refractivity contribution in [2.45, 2.75) is 23.3 Å². The molecule has 2 aliphatic rings. The number of fused-ring (bicyclic) bond motifs is 3. The molecule has 0 aromatic heterocycles. The molecule has 33 heavy (non-hydrogen) atoms. The van der Waals surface area contributed by atoms with E-state index in [1.165, 1.54) is 30.3 Å². The van der Waals surface area contributed by atoms with Crippen molar-refractivity contribution in [2.24, 2.45) is 5.92 Å². The van der Waals surface area contributed by atoms with E-state index in [-0.39, 0.29) is 34.1 Å². The number of benzene rings is 3. The third-order valence-electron chi connectivity index (χ3n) is 6.19. The summed E-state index contributed by atoms with van der Waals surface area (Å²) in [6, 6.07) is 18.2. The lowest BCUT2D eigenvalue weighted by Crippen LogP contribution is -2.29. The number of nitro benzene ring substituents is 1. The van der Waals surface area contributed by atoms with Crippen molar-refractivity contribution in [1.82, 2.24) is 0 Å². The summed E-state index contributed by atoms with van der Waals surface area (Å²) in [5.74, 6) is 0.260. The van der Waals surface area contributed by atoms with Crippen LogP contribution in [0.25, 0.3) is 0 Å². The van der Waals surface area contributed by atoms with Crippen molar-refractivity contribution in [3.05, 3.63) is 105 Å². The quantitative estimate of drug-likeness (QED) is 0.269. The number of nitrogens with zero attached hydrogens (tertiary/aromatic N) is 1. The van der Waals surface area contributed by atoms with Gasteiger partial charge in [-0.15, -0.1) is 0 Å². The highest BCUT2D eigenvalue weighted by molar-refractivity contribution is 7.92. The second-order valence-electron chi connectivity index (χ2n) is 8.16. The summed E-state index contributed by atoms with van der Waals surface area (Å²) in [7, 11) is -3.94. The van der Waals surface area contributed by atoms with Gasteiger partial charge in [-0.2, -0.15) is 0 Å². The summed E-state index contributed by atoms with van der Waals surface area (Å²) >= 11 is 6.48. The molecule has 1 aliphatic heterocycles. The lowest BCUT2D eigenvalue weighted by molar-refractivity contribution is -0.384. The average molecular weight is 482 g/mol. The molecule has 9 heteroatoms. The van der Waals surface area contributed by atoms with Gasteiger partial charge in [-0.25, -0.2) is 8.42 Å². The van der Waals surface area contributed by atoms with Gasteiger partial charge in [-0.3, -0.25) is 14.8 Å². The summed E-state index contributed by atoms with van der Waals surface area (Å²) < 4.78 is 28.6. The van der Waals surface area contributed by atoms with Crippen LogP contribution in [0.1, 0.15) is 29.5 Å². The van der Waals surface area contributed by atoms with Gasteiger partial charge in [-0.05, 0) is 53.8 Å². The Balaban J connectivity index is 1.48. The van der Waals surface area contributed by atoms with Gasteiger partial charge in [-0.1, -0.05) is 48.0 Å². The number of nitro groups is 1. The smallest absolute Gasteiger partial charge is 0.271 e. The predicted octanol–water partition coefficient (Wildman–Crippen LogP) is 5.88. The summed E-state index contributed by atoms with van der Waals surface area (Å²) in [5, 5.41) is 15.3. The van der Waals surface area contributed by atoms with Crippen LogP contribution in [0.3, 0.4) is 0 Å². The zero-order valence-electron chi connectivity index (χ0n) is 17.3. The Morgan fingerprint density at radius 3 is 2.64 bits per heavy atom.